The van der Waals surface area contributed by atoms with Gasteiger partial charge in [-0.2, -0.15) is 4.31 Å². The van der Waals surface area contributed by atoms with E-state index in [0.29, 0.717) is 25.2 Å². The van der Waals surface area contributed by atoms with Gasteiger partial charge in [0.05, 0.1) is 11.0 Å². The van der Waals surface area contributed by atoms with Gasteiger partial charge in [0.1, 0.15) is 5.69 Å². The third-order valence-corrected chi connectivity index (χ3v) is 8.65. The second-order valence-electron chi connectivity index (χ2n) is 9.02. The van der Waals surface area contributed by atoms with Gasteiger partial charge in [-0.15, -0.1) is 0 Å². The van der Waals surface area contributed by atoms with E-state index in [-0.39, 0.29) is 22.0 Å². The number of primary amides is 1. The van der Waals surface area contributed by atoms with Crippen molar-refractivity contribution < 1.29 is 18.3 Å². The van der Waals surface area contributed by atoms with Crippen LogP contribution in [0.3, 0.4) is 0 Å². The molecule has 0 radical (unpaired) electrons. The molecule has 32 heavy (non-hydrogen) atoms. The van der Waals surface area contributed by atoms with Gasteiger partial charge in [0.2, 0.25) is 10.0 Å². The summed E-state index contributed by atoms with van der Waals surface area (Å²) in [6, 6.07) is 10.0. The lowest BCUT2D eigenvalue weighted by molar-refractivity contribution is 0.0995. The van der Waals surface area contributed by atoms with E-state index in [1.54, 1.807) is 47.8 Å². The molecule has 1 aromatic heterocycles. The molecule has 8 nitrogen and oxygen atoms in total. The smallest absolute Gasteiger partial charge is 0.267 e. The van der Waals surface area contributed by atoms with Gasteiger partial charge < -0.3 is 10.8 Å². The number of rotatable bonds is 7. The summed E-state index contributed by atoms with van der Waals surface area (Å²) in [5.74, 6) is -0.531. The van der Waals surface area contributed by atoms with E-state index in [9.17, 15) is 18.3 Å². The van der Waals surface area contributed by atoms with Crippen LogP contribution in [0.25, 0.3) is 0 Å². The predicted octanol–water partition coefficient (Wildman–Crippen LogP) is 1.66. The fraction of sp³-hybridized carbons (Fsp3) is 0.478. The lowest BCUT2D eigenvalue weighted by Gasteiger charge is -2.40. The maximum absolute atomic E-state index is 13.2. The normalized spacial score (nSPS) is 22.4. The van der Waals surface area contributed by atoms with E-state index in [1.165, 1.54) is 0 Å². The van der Waals surface area contributed by atoms with Gasteiger partial charge >= 0.3 is 0 Å². The van der Waals surface area contributed by atoms with E-state index in [4.69, 9.17) is 5.73 Å². The molecule has 2 fully saturated rings. The summed E-state index contributed by atoms with van der Waals surface area (Å²) in [4.78, 5) is 18.1. The van der Waals surface area contributed by atoms with Crippen molar-refractivity contribution in [1.82, 2.24) is 14.2 Å². The Morgan fingerprint density at radius 3 is 2.50 bits per heavy atom. The molecule has 0 spiro atoms. The number of aliphatic hydroxyl groups excluding tert-OH is 1. The van der Waals surface area contributed by atoms with Crippen molar-refractivity contribution in [2.24, 2.45) is 5.73 Å². The summed E-state index contributed by atoms with van der Waals surface area (Å²) < 4.78 is 28.0. The summed E-state index contributed by atoms with van der Waals surface area (Å²) in [5, 5.41) is 9.67. The minimum absolute atomic E-state index is 0.0231. The highest BCUT2D eigenvalue weighted by Gasteiger charge is 2.47. The number of hydrogen-bond acceptors (Lipinski definition) is 6. The van der Waals surface area contributed by atoms with Crippen LogP contribution in [0.2, 0.25) is 0 Å². The molecule has 3 N–H and O–H groups in total. The predicted molar refractivity (Wildman–Crippen MR) is 121 cm³/mol. The highest BCUT2D eigenvalue weighted by molar-refractivity contribution is 7.89. The highest BCUT2D eigenvalue weighted by atomic mass is 32.2. The van der Waals surface area contributed by atoms with Crippen LogP contribution in [0.5, 0.6) is 0 Å². The Morgan fingerprint density at radius 1 is 1.25 bits per heavy atom. The van der Waals surface area contributed by atoms with Crippen molar-refractivity contribution >= 4 is 15.9 Å². The summed E-state index contributed by atoms with van der Waals surface area (Å²) in [7, 11) is -3.61. The molecule has 1 saturated carbocycles. The summed E-state index contributed by atoms with van der Waals surface area (Å²) in [6.45, 7) is 6.10. The van der Waals surface area contributed by atoms with Gasteiger partial charge in [0, 0.05) is 43.8 Å². The van der Waals surface area contributed by atoms with Crippen LogP contribution < -0.4 is 5.73 Å². The number of nitrogens with zero attached hydrogens (tertiary/aromatic N) is 3. The van der Waals surface area contributed by atoms with Gasteiger partial charge in [-0.05, 0) is 62.1 Å². The molecule has 9 heteroatoms. The maximum Gasteiger partial charge on any atom is 0.267 e. The number of amides is 1. The number of aromatic nitrogens is 1. The van der Waals surface area contributed by atoms with Crippen molar-refractivity contribution in [2.75, 3.05) is 26.2 Å². The molecule has 2 atom stereocenters. The van der Waals surface area contributed by atoms with Crippen molar-refractivity contribution in [2.45, 2.75) is 49.1 Å². The maximum atomic E-state index is 13.2. The average Bonchev–Trinajstić information content (AvgIpc) is 3.54. The van der Waals surface area contributed by atoms with Crippen LogP contribution in [-0.2, 0) is 15.4 Å². The van der Waals surface area contributed by atoms with Crippen molar-refractivity contribution in [3.63, 3.8) is 0 Å². The van der Waals surface area contributed by atoms with Crippen LogP contribution in [-0.4, -0.2) is 65.8 Å². The fourth-order valence-corrected chi connectivity index (χ4v) is 6.20. The zero-order chi connectivity index (χ0) is 23.1. The van der Waals surface area contributed by atoms with E-state index in [1.807, 2.05) is 13.0 Å². The number of benzene rings is 1. The van der Waals surface area contributed by atoms with Gasteiger partial charge in [-0.3, -0.25) is 14.7 Å². The molecular formula is C23H30N4O4S. The Balaban J connectivity index is 1.44. The minimum Gasteiger partial charge on any atom is -0.389 e. The molecule has 1 aliphatic carbocycles. The average molecular weight is 459 g/mol. The Hall–Kier alpha value is -2.33. The number of hydrogen-bond donors (Lipinski definition) is 2. The molecule has 1 saturated heterocycles. The standard InChI is InChI=1S/C23H30N4O4S/c1-16-14-26(15-23(8-9-23)19-7-10-25-21(13-19)22(24)29)11-12-27(16)32(30,31)20-5-3-18(4-6-20)17(2)28/h3-7,10,13,16-17,28H,8-9,11-12,14-15H2,1-2H3,(H2,24,29). The number of carbonyl (C=O) groups excluding carboxylic acids is 1. The van der Waals surface area contributed by atoms with Gasteiger partial charge in [0.25, 0.3) is 5.91 Å². The topological polar surface area (TPSA) is 117 Å². The summed E-state index contributed by atoms with van der Waals surface area (Å²) in [6.07, 6.45) is 3.05. The van der Waals surface area contributed by atoms with Gasteiger partial charge in [0.15, 0.2) is 0 Å². The number of nitrogens with two attached hydrogens (primary N) is 1. The Morgan fingerprint density at radius 2 is 1.94 bits per heavy atom. The second-order valence-corrected chi connectivity index (χ2v) is 10.9. The summed E-state index contributed by atoms with van der Waals surface area (Å²) in [5.41, 5.74) is 7.40. The van der Waals surface area contributed by atoms with Crippen molar-refractivity contribution in [3.05, 3.63) is 59.4 Å². The minimum atomic E-state index is -3.61. The molecular weight excluding hydrogens is 428 g/mol. The molecule has 2 heterocycles. The number of aliphatic hydroxyl groups is 1. The molecule has 0 bridgehead atoms. The monoisotopic (exact) mass is 458 g/mol. The third-order valence-electron chi connectivity index (χ3n) is 6.62. The quantitative estimate of drug-likeness (QED) is 0.652. The first-order valence-corrected chi connectivity index (χ1v) is 12.3. The zero-order valence-corrected chi connectivity index (χ0v) is 19.3. The van der Waals surface area contributed by atoms with Crippen LogP contribution in [0.15, 0.2) is 47.5 Å². The van der Waals surface area contributed by atoms with Gasteiger partial charge in [-0.25, -0.2) is 8.42 Å². The van der Waals surface area contributed by atoms with Crippen LogP contribution >= 0.6 is 0 Å². The number of sulfonamides is 1. The van der Waals surface area contributed by atoms with Crippen LogP contribution in [0.1, 0.15) is 54.4 Å². The van der Waals surface area contributed by atoms with Crippen LogP contribution in [0, 0.1) is 0 Å². The Bertz CT molecular complexity index is 1100. The molecule has 4 rings (SSSR count). The van der Waals surface area contributed by atoms with E-state index < -0.39 is 22.0 Å². The number of piperazine rings is 1. The summed E-state index contributed by atoms with van der Waals surface area (Å²) >= 11 is 0. The number of pyridine rings is 1. The molecule has 1 amide bonds. The third kappa shape index (κ3) is 4.43. The van der Waals surface area contributed by atoms with E-state index in [2.05, 4.69) is 9.88 Å². The van der Waals surface area contributed by atoms with E-state index >= 15 is 0 Å². The molecule has 2 aliphatic rings. The first kappa shape index (κ1) is 22.8. The van der Waals surface area contributed by atoms with E-state index in [0.717, 1.165) is 24.9 Å². The first-order chi connectivity index (χ1) is 15.1. The Kier molecular flexibility index (Phi) is 6.10. The Labute approximate surface area is 189 Å². The van der Waals surface area contributed by atoms with Crippen LogP contribution in [0.4, 0.5) is 0 Å². The molecule has 1 aliphatic heterocycles. The molecule has 172 valence electrons. The lowest BCUT2D eigenvalue weighted by atomic mass is 9.95. The largest absolute Gasteiger partial charge is 0.389 e. The van der Waals surface area contributed by atoms with Crippen molar-refractivity contribution in [1.29, 1.82) is 0 Å². The second kappa shape index (κ2) is 8.55. The highest BCUT2D eigenvalue weighted by Crippen LogP contribution is 2.49. The number of carbonyl (C=O) groups is 1. The molecule has 2 unspecified atom stereocenters. The SMILES string of the molecule is CC(O)c1ccc(S(=O)(=O)N2CCN(CC3(c4ccnc(C(N)=O)c4)CC3)CC2C)cc1. The zero-order valence-electron chi connectivity index (χ0n) is 18.4. The van der Waals surface area contributed by atoms with Crippen molar-refractivity contribution in [3.8, 4) is 0 Å². The van der Waals surface area contributed by atoms with Gasteiger partial charge in [-0.1, -0.05) is 12.1 Å². The lowest BCUT2D eigenvalue weighted by Crippen LogP contribution is -2.55. The fourth-order valence-electron chi connectivity index (χ4n) is 4.58. The molecule has 1 aromatic carbocycles. The molecule has 2 aromatic rings. The first-order valence-electron chi connectivity index (χ1n) is 10.9.